The van der Waals surface area contributed by atoms with Crippen LogP contribution in [-0.2, 0) is 0 Å². The summed E-state index contributed by atoms with van der Waals surface area (Å²) in [5, 5.41) is 0. The quantitative estimate of drug-likeness (QED) is 0.513. The Labute approximate surface area is 173 Å². The van der Waals surface area contributed by atoms with Gasteiger partial charge in [-0.3, -0.25) is 0 Å². The van der Waals surface area contributed by atoms with Crippen LogP contribution in [0.15, 0.2) is 53.6 Å². The zero-order valence-electron chi connectivity index (χ0n) is 17.3. The molecule has 1 unspecified atom stereocenters. The van der Waals surface area contributed by atoms with E-state index >= 15 is 0 Å². The summed E-state index contributed by atoms with van der Waals surface area (Å²) >= 11 is 0. The molecule has 0 radical (unpaired) electrons. The minimum absolute atomic E-state index is 0. The third kappa shape index (κ3) is 3.69. The monoisotopic (exact) mass is 342 g/mol. The summed E-state index contributed by atoms with van der Waals surface area (Å²) in [5.74, 6) is 0.455. The van der Waals surface area contributed by atoms with Crippen molar-refractivity contribution in [1.29, 1.82) is 0 Å². The molecule has 2 aliphatic carbocycles. The SMILES string of the molecule is CC(C)(C)C1=CC=C(C(C)(C)C2C=C(C(C)(C)C)c3ccccc32)C1.[LiH]. The maximum absolute atomic E-state index is 2.56. The first kappa shape index (κ1) is 21.3. The molecule has 26 heavy (non-hydrogen) atoms. The number of allylic oxidation sites excluding steroid dienone is 6. The van der Waals surface area contributed by atoms with Crippen LogP contribution in [0.2, 0.25) is 0 Å². The first-order valence-electron chi connectivity index (χ1n) is 9.64. The average Bonchev–Trinajstić information content (AvgIpc) is 3.12. The predicted octanol–water partition coefficient (Wildman–Crippen LogP) is 6.89. The van der Waals surface area contributed by atoms with Gasteiger partial charge >= 0.3 is 18.9 Å². The molecule has 0 heterocycles. The summed E-state index contributed by atoms with van der Waals surface area (Å²) < 4.78 is 0. The Morgan fingerprint density at radius 1 is 0.769 bits per heavy atom. The molecule has 0 bridgehead atoms. The van der Waals surface area contributed by atoms with Crippen LogP contribution in [0.3, 0.4) is 0 Å². The van der Waals surface area contributed by atoms with Gasteiger partial charge in [0.15, 0.2) is 0 Å². The maximum atomic E-state index is 2.56. The molecule has 1 aromatic carbocycles. The van der Waals surface area contributed by atoms with E-state index in [4.69, 9.17) is 0 Å². The molecule has 0 aromatic heterocycles. The first-order chi connectivity index (χ1) is 11.4. The molecule has 0 amide bonds. The van der Waals surface area contributed by atoms with Crippen LogP contribution >= 0.6 is 0 Å². The van der Waals surface area contributed by atoms with Gasteiger partial charge in [0, 0.05) is 5.92 Å². The van der Waals surface area contributed by atoms with Crippen molar-refractivity contribution in [2.24, 2.45) is 16.2 Å². The molecule has 0 saturated carbocycles. The van der Waals surface area contributed by atoms with E-state index < -0.39 is 0 Å². The second kappa shape index (κ2) is 6.89. The fourth-order valence-corrected chi connectivity index (χ4v) is 4.29. The van der Waals surface area contributed by atoms with Crippen LogP contribution in [0.5, 0.6) is 0 Å². The van der Waals surface area contributed by atoms with E-state index in [9.17, 15) is 0 Å². The van der Waals surface area contributed by atoms with Gasteiger partial charge in [0.2, 0.25) is 0 Å². The van der Waals surface area contributed by atoms with Crippen molar-refractivity contribution in [3.05, 3.63) is 64.8 Å². The van der Waals surface area contributed by atoms with Crippen LogP contribution in [0.4, 0.5) is 0 Å². The van der Waals surface area contributed by atoms with E-state index in [1.807, 2.05) is 0 Å². The second-order valence-electron chi connectivity index (χ2n) is 10.4. The molecule has 1 heteroatoms. The molecule has 0 N–H and O–H groups in total. The summed E-state index contributed by atoms with van der Waals surface area (Å²) in [6, 6.07) is 9.03. The van der Waals surface area contributed by atoms with E-state index in [-0.39, 0.29) is 35.1 Å². The van der Waals surface area contributed by atoms with E-state index in [1.165, 1.54) is 16.7 Å². The summed E-state index contributed by atoms with van der Waals surface area (Å²) in [6.45, 7) is 18.8. The van der Waals surface area contributed by atoms with Gasteiger partial charge in [-0.25, -0.2) is 0 Å². The average molecular weight is 342 g/mol. The van der Waals surface area contributed by atoms with Gasteiger partial charge in [-0.1, -0.05) is 109 Å². The zero-order valence-corrected chi connectivity index (χ0v) is 17.3. The Morgan fingerprint density at radius 2 is 1.35 bits per heavy atom. The van der Waals surface area contributed by atoms with Crippen molar-refractivity contribution in [2.75, 3.05) is 0 Å². The molecule has 3 rings (SSSR count). The summed E-state index contributed by atoms with van der Waals surface area (Å²) in [7, 11) is 0. The molecule has 1 aromatic rings. The zero-order chi connectivity index (χ0) is 18.6. The standard InChI is InChI=1S/C25H34.Li.H/c1-23(2,3)17-13-14-18(15-17)25(7,8)22-16-21(24(4,5)6)19-11-9-10-12-20(19)22;;/h9-14,16,22H,15H2,1-8H3;;. The van der Waals surface area contributed by atoms with Crippen LogP contribution in [-0.4, -0.2) is 18.9 Å². The Kier molecular flexibility index (Phi) is 5.65. The van der Waals surface area contributed by atoms with Gasteiger partial charge in [0.05, 0.1) is 0 Å². The Hall–Kier alpha value is -0.963. The minimum atomic E-state index is 0. The normalized spacial score (nSPS) is 20.2. The summed E-state index contributed by atoms with van der Waals surface area (Å²) in [5.41, 5.74) is 8.16. The van der Waals surface area contributed by atoms with Crippen molar-refractivity contribution in [3.63, 3.8) is 0 Å². The predicted molar refractivity (Wildman–Crippen MR) is 118 cm³/mol. The fraction of sp³-hybridized carbons (Fsp3) is 0.520. The molecular formula is C25H35Li. The van der Waals surface area contributed by atoms with Gasteiger partial charge in [0.1, 0.15) is 0 Å². The Balaban J connectivity index is 0.00000243. The van der Waals surface area contributed by atoms with E-state index in [1.54, 1.807) is 11.1 Å². The fourth-order valence-electron chi connectivity index (χ4n) is 4.29. The Bertz CT molecular complexity index is 773. The van der Waals surface area contributed by atoms with Crippen LogP contribution in [0, 0.1) is 16.2 Å². The third-order valence-electron chi connectivity index (χ3n) is 6.16. The molecule has 0 saturated heterocycles. The van der Waals surface area contributed by atoms with E-state index in [0.717, 1.165) is 6.42 Å². The number of benzene rings is 1. The molecule has 0 spiro atoms. The summed E-state index contributed by atoms with van der Waals surface area (Å²) in [6.07, 6.45) is 8.44. The van der Waals surface area contributed by atoms with E-state index in [2.05, 4.69) is 97.9 Å². The summed E-state index contributed by atoms with van der Waals surface area (Å²) in [4.78, 5) is 0. The molecule has 0 fully saturated rings. The van der Waals surface area contributed by atoms with Gasteiger partial charge in [-0.2, -0.15) is 0 Å². The Morgan fingerprint density at radius 3 is 1.88 bits per heavy atom. The van der Waals surface area contributed by atoms with Crippen LogP contribution in [0.1, 0.15) is 78.9 Å². The molecule has 1 atom stereocenters. The molecule has 0 nitrogen and oxygen atoms in total. The second-order valence-corrected chi connectivity index (χ2v) is 10.4. The van der Waals surface area contributed by atoms with Gasteiger partial charge in [0.25, 0.3) is 0 Å². The van der Waals surface area contributed by atoms with Crippen molar-refractivity contribution >= 4 is 24.4 Å². The number of rotatable bonds is 2. The molecular weight excluding hydrogens is 307 g/mol. The van der Waals surface area contributed by atoms with Gasteiger partial charge in [-0.15, -0.1) is 0 Å². The first-order valence-corrected chi connectivity index (χ1v) is 9.64. The molecule has 136 valence electrons. The number of hydrogen-bond acceptors (Lipinski definition) is 0. The van der Waals surface area contributed by atoms with Crippen molar-refractivity contribution in [2.45, 2.75) is 67.7 Å². The van der Waals surface area contributed by atoms with Crippen LogP contribution in [0.25, 0.3) is 5.57 Å². The molecule has 0 aliphatic heterocycles. The van der Waals surface area contributed by atoms with Crippen molar-refractivity contribution in [1.82, 2.24) is 0 Å². The van der Waals surface area contributed by atoms with Crippen LogP contribution < -0.4 is 0 Å². The third-order valence-corrected chi connectivity index (χ3v) is 6.16. The van der Waals surface area contributed by atoms with Crippen molar-refractivity contribution < 1.29 is 0 Å². The topological polar surface area (TPSA) is 0 Å². The number of fused-ring (bicyclic) bond motifs is 1. The molecule has 2 aliphatic rings. The van der Waals surface area contributed by atoms with Crippen molar-refractivity contribution in [3.8, 4) is 0 Å². The van der Waals surface area contributed by atoms with Gasteiger partial charge in [-0.05, 0) is 39.4 Å². The number of hydrogen-bond donors (Lipinski definition) is 0. The van der Waals surface area contributed by atoms with E-state index in [0.29, 0.717) is 5.92 Å². The van der Waals surface area contributed by atoms with Gasteiger partial charge < -0.3 is 0 Å².